The van der Waals surface area contributed by atoms with Crippen molar-refractivity contribution in [1.82, 2.24) is 9.78 Å². The number of fused-ring (bicyclic) bond motifs is 1. The maximum Gasteiger partial charge on any atom is 0.146 e. The Morgan fingerprint density at radius 3 is 3.10 bits per heavy atom. The summed E-state index contributed by atoms with van der Waals surface area (Å²) in [7, 11) is 0. The molecule has 0 bridgehead atoms. The minimum Gasteiger partial charge on any atom is -0.299 e. The van der Waals surface area contributed by atoms with Gasteiger partial charge < -0.3 is 0 Å². The molecule has 2 heterocycles. The number of hydrogen-bond acceptors (Lipinski definition) is 3. The Morgan fingerprint density at radius 1 is 1.50 bits per heavy atom. The molecule has 4 heteroatoms. The molecule has 0 spiro atoms. The lowest BCUT2D eigenvalue weighted by atomic mass is 9.83. The molecule has 0 N–H and O–H groups in total. The molecule has 0 saturated heterocycles. The van der Waals surface area contributed by atoms with Crippen LogP contribution in [0.25, 0.3) is 0 Å². The van der Waals surface area contributed by atoms with Crippen molar-refractivity contribution in [3.63, 3.8) is 0 Å². The smallest absolute Gasteiger partial charge is 0.146 e. The van der Waals surface area contributed by atoms with Crippen molar-refractivity contribution in [3.05, 3.63) is 39.8 Å². The first-order valence-electron chi connectivity index (χ1n) is 7.28. The van der Waals surface area contributed by atoms with Gasteiger partial charge in [-0.15, -0.1) is 11.3 Å². The number of rotatable bonds is 4. The second-order valence-electron chi connectivity index (χ2n) is 5.77. The Bertz CT molecular complexity index is 612. The van der Waals surface area contributed by atoms with Gasteiger partial charge in [0, 0.05) is 23.0 Å². The Kier molecular flexibility index (Phi) is 3.74. The average Bonchev–Trinajstić information content (AvgIpc) is 3.05. The minimum absolute atomic E-state index is 0.0919. The molecule has 0 aromatic carbocycles. The standard InChI is InChI=1S/C16H20N2OS/c1-11(2)18-8-6-12(17-18)10-15(19)13-4-3-5-16-14(13)7-9-20-16/h6-9,11,13H,3-5,10H2,1-2H3. The Balaban J connectivity index is 1.74. The van der Waals surface area contributed by atoms with Gasteiger partial charge >= 0.3 is 0 Å². The van der Waals surface area contributed by atoms with Crippen LogP contribution in [-0.2, 0) is 17.6 Å². The lowest BCUT2D eigenvalue weighted by molar-refractivity contribution is -0.120. The van der Waals surface area contributed by atoms with E-state index in [0.717, 1.165) is 25.0 Å². The largest absolute Gasteiger partial charge is 0.299 e. The molecule has 20 heavy (non-hydrogen) atoms. The monoisotopic (exact) mass is 288 g/mol. The van der Waals surface area contributed by atoms with E-state index in [1.165, 1.54) is 10.4 Å². The van der Waals surface area contributed by atoms with E-state index in [4.69, 9.17) is 0 Å². The highest BCUT2D eigenvalue weighted by Gasteiger charge is 2.27. The van der Waals surface area contributed by atoms with E-state index in [1.807, 2.05) is 16.9 Å². The molecule has 0 aliphatic heterocycles. The van der Waals surface area contributed by atoms with Crippen molar-refractivity contribution in [3.8, 4) is 0 Å². The fourth-order valence-electron chi connectivity index (χ4n) is 2.88. The minimum atomic E-state index is 0.0919. The molecular formula is C16H20N2OS. The SMILES string of the molecule is CC(C)n1ccc(CC(=O)C2CCCc3sccc32)n1. The molecule has 0 radical (unpaired) electrons. The van der Waals surface area contributed by atoms with E-state index in [1.54, 1.807) is 11.3 Å². The number of ketones is 1. The van der Waals surface area contributed by atoms with Crippen LogP contribution < -0.4 is 0 Å². The normalized spacial score (nSPS) is 18.2. The van der Waals surface area contributed by atoms with Crippen LogP contribution in [0, 0.1) is 0 Å². The molecule has 3 nitrogen and oxygen atoms in total. The second-order valence-corrected chi connectivity index (χ2v) is 6.77. The van der Waals surface area contributed by atoms with Crippen molar-refractivity contribution < 1.29 is 4.79 Å². The number of aryl methyl sites for hydroxylation is 1. The third-order valence-electron chi connectivity index (χ3n) is 3.99. The van der Waals surface area contributed by atoms with Crippen LogP contribution in [-0.4, -0.2) is 15.6 Å². The zero-order chi connectivity index (χ0) is 14.1. The van der Waals surface area contributed by atoms with Gasteiger partial charge in [-0.3, -0.25) is 9.48 Å². The van der Waals surface area contributed by atoms with Crippen molar-refractivity contribution in [2.75, 3.05) is 0 Å². The summed E-state index contributed by atoms with van der Waals surface area (Å²) in [6.45, 7) is 4.19. The van der Waals surface area contributed by atoms with Gasteiger partial charge in [-0.2, -0.15) is 5.10 Å². The van der Waals surface area contributed by atoms with Gasteiger partial charge in [0.15, 0.2) is 0 Å². The Morgan fingerprint density at radius 2 is 2.35 bits per heavy atom. The van der Waals surface area contributed by atoms with Crippen LogP contribution >= 0.6 is 11.3 Å². The highest BCUT2D eigenvalue weighted by molar-refractivity contribution is 7.10. The van der Waals surface area contributed by atoms with Crippen LogP contribution in [0.2, 0.25) is 0 Å². The summed E-state index contributed by atoms with van der Waals surface area (Å²) in [6.07, 6.45) is 5.68. The molecule has 3 rings (SSSR count). The van der Waals surface area contributed by atoms with Crippen LogP contribution in [0.15, 0.2) is 23.7 Å². The van der Waals surface area contributed by atoms with Crippen LogP contribution in [0.1, 0.15) is 54.8 Å². The van der Waals surface area contributed by atoms with Crippen molar-refractivity contribution in [1.29, 1.82) is 0 Å². The lowest BCUT2D eigenvalue weighted by Crippen LogP contribution is -2.19. The van der Waals surface area contributed by atoms with Crippen LogP contribution in [0.4, 0.5) is 0 Å². The maximum atomic E-state index is 12.6. The maximum absolute atomic E-state index is 12.6. The number of hydrogen-bond donors (Lipinski definition) is 0. The van der Waals surface area contributed by atoms with Crippen molar-refractivity contribution in [2.24, 2.45) is 0 Å². The lowest BCUT2D eigenvalue weighted by Gasteiger charge is -2.21. The summed E-state index contributed by atoms with van der Waals surface area (Å²) in [6, 6.07) is 4.45. The predicted molar refractivity (Wildman–Crippen MR) is 81.3 cm³/mol. The van der Waals surface area contributed by atoms with E-state index in [-0.39, 0.29) is 5.92 Å². The zero-order valence-corrected chi connectivity index (χ0v) is 12.8. The van der Waals surface area contributed by atoms with Crippen LogP contribution in [0.5, 0.6) is 0 Å². The van der Waals surface area contributed by atoms with E-state index in [0.29, 0.717) is 18.2 Å². The molecule has 1 aliphatic carbocycles. The van der Waals surface area contributed by atoms with E-state index in [2.05, 4.69) is 30.4 Å². The van der Waals surface area contributed by atoms with E-state index >= 15 is 0 Å². The quantitative estimate of drug-likeness (QED) is 0.858. The molecule has 106 valence electrons. The topological polar surface area (TPSA) is 34.9 Å². The molecule has 0 fully saturated rings. The summed E-state index contributed by atoms with van der Waals surface area (Å²) < 4.78 is 1.92. The van der Waals surface area contributed by atoms with Gasteiger partial charge in [0.25, 0.3) is 0 Å². The number of nitrogens with zero attached hydrogens (tertiary/aromatic N) is 2. The van der Waals surface area contributed by atoms with Crippen molar-refractivity contribution >= 4 is 17.1 Å². The van der Waals surface area contributed by atoms with Gasteiger partial charge in [0.05, 0.1) is 12.1 Å². The number of carbonyl (C=O) groups excluding carboxylic acids is 1. The number of aromatic nitrogens is 2. The first kappa shape index (κ1) is 13.6. The zero-order valence-electron chi connectivity index (χ0n) is 12.0. The number of carbonyl (C=O) groups is 1. The highest BCUT2D eigenvalue weighted by atomic mass is 32.1. The van der Waals surface area contributed by atoms with Gasteiger partial charge in [-0.1, -0.05) is 0 Å². The molecular weight excluding hydrogens is 268 g/mol. The molecule has 1 atom stereocenters. The molecule has 1 aliphatic rings. The summed E-state index contributed by atoms with van der Waals surface area (Å²) in [5.74, 6) is 0.410. The van der Waals surface area contributed by atoms with Gasteiger partial charge in [0.2, 0.25) is 0 Å². The number of Topliss-reactive ketones (excluding diaryl/α,β-unsaturated/α-hetero) is 1. The fraction of sp³-hybridized carbons (Fsp3) is 0.500. The first-order chi connectivity index (χ1) is 9.65. The highest BCUT2D eigenvalue weighted by Crippen LogP contribution is 2.35. The molecule has 2 aromatic heterocycles. The van der Waals surface area contributed by atoms with E-state index in [9.17, 15) is 4.79 Å². The van der Waals surface area contributed by atoms with Gasteiger partial charge in [0.1, 0.15) is 5.78 Å². The molecule has 2 aromatic rings. The second kappa shape index (κ2) is 5.52. The summed E-state index contributed by atoms with van der Waals surface area (Å²) >= 11 is 1.79. The van der Waals surface area contributed by atoms with Crippen molar-refractivity contribution in [2.45, 2.75) is 51.5 Å². The molecule has 0 amide bonds. The van der Waals surface area contributed by atoms with Gasteiger partial charge in [-0.05, 0) is 56.2 Å². The summed E-state index contributed by atoms with van der Waals surface area (Å²) in [4.78, 5) is 14.0. The third kappa shape index (κ3) is 2.57. The molecule has 1 unspecified atom stereocenters. The predicted octanol–water partition coefficient (Wildman–Crippen LogP) is 3.76. The summed E-state index contributed by atoms with van der Waals surface area (Å²) in [5, 5.41) is 6.60. The molecule has 0 saturated carbocycles. The Hall–Kier alpha value is -1.42. The number of thiophene rings is 1. The fourth-order valence-corrected chi connectivity index (χ4v) is 3.87. The average molecular weight is 288 g/mol. The third-order valence-corrected chi connectivity index (χ3v) is 4.99. The summed E-state index contributed by atoms with van der Waals surface area (Å²) in [5.41, 5.74) is 2.17. The van der Waals surface area contributed by atoms with E-state index < -0.39 is 0 Å². The Labute approximate surface area is 123 Å². The van der Waals surface area contributed by atoms with Crippen LogP contribution in [0.3, 0.4) is 0 Å². The van der Waals surface area contributed by atoms with Gasteiger partial charge in [-0.25, -0.2) is 0 Å². The first-order valence-corrected chi connectivity index (χ1v) is 8.16.